The second-order valence-electron chi connectivity index (χ2n) is 3.01. The highest BCUT2D eigenvalue weighted by atomic mass is 79.9. The maximum atomic E-state index is 11.7. The SMILES string of the molecule is COC(CBr)CC(=O)c1ccccc1. The second-order valence-corrected chi connectivity index (χ2v) is 3.65. The van der Waals surface area contributed by atoms with Crippen LogP contribution in [-0.4, -0.2) is 24.3 Å². The molecule has 1 aromatic carbocycles. The molecule has 1 atom stereocenters. The zero-order valence-electron chi connectivity index (χ0n) is 8.07. The fourth-order valence-corrected chi connectivity index (χ4v) is 1.64. The number of rotatable bonds is 5. The van der Waals surface area contributed by atoms with Crippen LogP contribution in [0.1, 0.15) is 16.8 Å². The number of hydrogen-bond acceptors (Lipinski definition) is 2. The molecule has 3 heteroatoms. The topological polar surface area (TPSA) is 26.3 Å². The van der Waals surface area contributed by atoms with Gasteiger partial charge in [-0.1, -0.05) is 46.3 Å². The van der Waals surface area contributed by atoms with Gasteiger partial charge in [0.25, 0.3) is 0 Å². The van der Waals surface area contributed by atoms with E-state index in [9.17, 15) is 4.79 Å². The van der Waals surface area contributed by atoms with Crippen LogP contribution in [0.5, 0.6) is 0 Å². The molecule has 0 aliphatic rings. The van der Waals surface area contributed by atoms with E-state index in [1.165, 1.54) is 0 Å². The van der Waals surface area contributed by atoms with E-state index in [4.69, 9.17) is 4.74 Å². The highest BCUT2D eigenvalue weighted by Gasteiger charge is 2.12. The second kappa shape index (κ2) is 5.94. The Bertz CT molecular complexity index is 281. The van der Waals surface area contributed by atoms with Gasteiger partial charge in [-0.15, -0.1) is 0 Å². The summed E-state index contributed by atoms with van der Waals surface area (Å²) >= 11 is 3.30. The van der Waals surface area contributed by atoms with Crippen molar-refractivity contribution < 1.29 is 9.53 Å². The van der Waals surface area contributed by atoms with Crippen molar-refractivity contribution in [3.05, 3.63) is 35.9 Å². The lowest BCUT2D eigenvalue weighted by molar-refractivity contribution is 0.0807. The fraction of sp³-hybridized carbons (Fsp3) is 0.364. The molecule has 0 fully saturated rings. The molecule has 1 unspecified atom stereocenters. The van der Waals surface area contributed by atoms with Crippen molar-refractivity contribution >= 4 is 21.7 Å². The van der Waals surface area contributed by atoms with Gasteiger partial charge in [0.2, 0.25) is 0 Å². The molecule has 76 valence electrons. The minimum atomic E-state index is -0.0392. The number of ketones is 1. The predicted molar refractivity (Wildman–Crippen MR) is 60.0 cm³/mol. The Kier molecular flexibility index (Phi) is 4.84. The molecule has 0 saturated carbocycles. The molecule has 0 spiro atoms. The van der Waals surface area contributed by atoms with E-state index in [1.807, 2.05) is 30.3 Å². The zero-order chi connectivity index (χ0) is 10.4. The van der Waals surface area contributed by atoms with Crippen LogP contribution in [0.3, 0.4) is 0 Å². The molecule has 14 heavy (non-hydrogen) atoms. The summed E-state index contributed by atoms with van der Waals surface area (Å²) in [5.74, 6) is 0.122. The Labute approximate surface area is 92.4 Å². The quantitative estimate of drug-likeness (QED) is 0.598. The van der Waals surface area contributed by atoms with Gasteiger partial charge in [-0.3, -0.25) is 4.79 Å². The molecule has 0 amide bonds. The van der Waals surface area contributed by atoms with E-state index in [2.05, 4.69) is 15.9 Å². The van der Waals surface area contributed by atoms with Crippen LogP contribution in [0, 0.1) is 0 Å². The third-order valence-corrected chi connectivity index (χ3v) is 2.74. The average molecular weight is 257 g/mol. The first kappa shape index (κ1) is 11.4. The van der Waals surface area contributed by atoms with Crippen molar-refractivity contribution in [1.29, 1.82) is 0 Å². The summed E-state index contributed by atoms with van der Waals surface area (Å²) in [6, 6.07) is 9.27. The van der Waals surface area contributed by atoms with Crippen LogP contribution in [0.2, 0.25) is 0 Å². The van der Waals surface area contributed by atoms with Gasteiger partial charge in [-0.05, 0) is 0 Å². The van der Waals surface area contributed by atoms with E-state index in [0.717, 1.165) is 5.56 Å². The molecule has 0 N–H and O–H groups in total. The van der Waals surface area contributed by atoms with Gasteiger partial charge in [0.05, 0.1) is 6.10 Å². The molecule has 0 heterocycles. The third kappa shape index (κ3) is 3.24. The molecule has 2 nitrogen and oxygen atoms in total. The van der Waals surface area contributed by atoms with Crippen LogP contribution in [-0.2, 0) is 4.74 Å². The predicted octanol–water partition coefficient (Wildman–Crippen LogP) is 2.67. The van der Waals surface area contributed by atoms with Crippen molar-refractivity contribution in [2.75, 3.05) is 12.4 Å². The molecule has 0 aliphatic heterocycles. The molecule has 1 aromatic rings. The lowest BCUT2D eigenvalue weighted by atomic mass is 10.1. The molecule has 0 radical (unpaired) electrons. The van der Waals surface area contributed by atoms with Gasteiger partial charge in [-0.2, -0.15) is 0 Å². The number of carbonyl (C=O) groups excluding carboxylic acids is 1. The summed E-state index contributed by atoms with van der Waals surface area (Å²) in [5.41, 5.74) is 0.746. The number of methoxy groups -OCH3 is 1. The van der Waals surface area contributed by atoms with Crippen LogP contribution >= 0.6 is 15.9 Å². The van der Waals surface area contributed by atoms with E-state index in [1.54, 1.807) is 7.11 Å². The lowest BCUT2D eigenvalue weighted by Crippen LogP contribution is -2.17. The molecular formula is C11H13BrO2. The standard InChI is InChI=1S/C11H13BrO2/c1-14-10(8-12)7-11(13)9-5-3-2-4-6-9/h2-6,10H,7-8H2,1H3. The van der Waals surface area contributed by atoms with Crippen LogP contribution in [0.4, 0.5) is 0 Å². The summed E-state index contributed by atoms with van der Waals surface area (Å²) in [4.78, 5) is 11.7. The van der Waals surface area contributed by atoms with Gasteiger partial charge < -0.3 is 4.74 Å². The van der Waals surface area contributed by atoms with Gasteiger partial charge in [0, 0.05) is 24.4 Å². The summed E-state index contributed by atoms with van der Waals surface area (Å²) in [6.45, 7) is 0. The van der Waals surface area contributed by atoms with E-state index in [0.29, 0.717) is 11.8 Å². The number of Topliss-reactive ketones (excluding diaryl/α,β-unsaturated/α-hetero) is 1. The summed E-state index contributed by atoms with van der Waals surface area (Å²) < 4.78 is 5.12. The number of carbonyl (C=O) groups is 1. The molecule has 0 aliphatic carbocycles. The maximum Gasteiger partial charge on any atom is 0.165 e. The number of alkyl halides is 1. The highest BCUT2D eigenvalue weighted by molar-refractivity contribution is 9.09. The van der Waals surface area contributed by atoms with Crippen molar-refractivity contribution in [2.45, 2.75) is 12.5 Å². The first-order valence-corrected chi connectivity index (χ1v) is 5.57. The monoisotopic (exact) mass is 256 g/mol. The fourth-order valence-electron chi connectivity index (χ4n) is 1.15. The Morgan fingerprint density at radius 1 is 1.43 bits per heavy atom. The van der Waals surface area contributed by atoms with E-state index in [-0.39, 0.29) is 11.9 Å². The summed E-state index contributed by atoms with van der Waals surface area (Å²) in [5, 5.41) is 0.683. The average Bonchev–Trinajstić information content (AvgIpc) is 2.26. The number of benzene rings is 1. The third-order valence-electron chi connectivity index (χ3n) is 2.01. The van der Waals surface area contributed by atoms with E-state index >= 15 is 0 Å². The van der Waals surface area contributed by atoms with Gasteiger partial charge in [0.15, 0.2) is 5.78 Å². The van der Waals surface area contributed by atoms with Crippen molar-refractivity contribution in [3.63, 3.8) is 0 Å². The smallest absolute Gasteiger partial charge is 0.165 e. The summed E-state index contributed by atoms with van der Waals surface area (Å²) in [6.07, 6.45) is 0.383. The van der Waals surface area contributed by atoms with E-state index < -0.39 is 0 Å². The Hall–Kier alpha value is -0.670. The normalized spacial score (nSPS) is 12.4. The molecular weight excluding hydrogens is 244 g/mol. The van der Waals surface area contributed by atoms with Crippen molar-refractivity contribution in [1.82, 2.24) is 0 Å². The van der Waals surface area contributed by atoms with Crippen molar-refractivity contribution in [2.24, 2.45) is 0 Å². The van der Waals surface area contributed by atoms with Gasteiger partial charge in [0.1, 0.15) is 0 Å². The molecule has 0 bridgehead atoms. The molecule has 0 saturated heterocycles. The number of halogens is 1. The lowest BCUT2D eigenvalue weighted by Gasteiger charge is -2.10. The molecule has 0 aromatic heterocycles. The van der Waals surface area contributed by atoms with Gasteiger partial charge in [-0.25, -0.2) is 0 Å². The first-order chi connectivity index (χ1) is 6.77. The van der Waals surface area contributed by atoms with Crippen LogP contribution in [0.15, 0.2) is 30.3 Å². The first-order valence-electron chi connectivity index (χ1n) is 4.45. The van der Waals surface area contributed by atoms with Gasteiger partial charge >= 0.3 is 0 Å². The highest BCUT2D eigenvalue weighted by Crippen LogP contribution is 2.08. The largest absolute Gasteiger partial charge is 0.380 e. The van der Waals surface area contributed by atoms with Crippen LogP contribution in [0.25, 0.3) is 0 Å². The Morgan fingerprint density at radius 3 is 2.57 bits per heavy atom. The molecule has 1 rings (SSSR count). The Morgan fingerprint density at radius 2 is 2.07 bits per heavy atom. The maximum absolute atomic E-state index is 11.7. The Balaban J connectivity index is 2.59. The summed E-state index contributed by atoms with van der Waals surface area (Å²) in [7, 11) is 1.62. The minimum absolute atomic E-state index is 0.0392. The minimum Gasteiger partial charge on any atom is -0.380 e. The zero-order valence-corrected chi connectivity index (χ0v) is 9.66. The number of hydrogen-bond donors (Lipinski definition) is 0. The number of ether oxygens (including phenoxy) is 1. The van der Waals surface area contributed by atoms with Crippen molar-refractivity contribution in [3.8, 4) is 0 Å². The van der Waals surface area contributed by atoms with Crippen LogP contribution < -0.4 is 0 Å².